The van der Waals surface area contributed by atoms with Gasteiger partial charge in [0.05, 0.1) is 33.2 Å². The zero-order valence-electron chi connectivity index (χ0n) is 32.7. The molecule has 2 saturated heterocycles. The molecular formula is C49H40N6O5. The molecule has 0 radical (unpaired) electrons. The van der Waals surface area contributed by atoms with Crippen LogP contribution in [0, 0.1) is 0 Å². The van der Waals surface area contributed by atoms with Crippen LogP contribution in [0.5, 0.6) is 11.5 Å². The highest BCUT2D eigenvalue weighted by molar-refractivity contribution is 6.17. The van der Waals surface area contributed by atoms with Gasteiger partial charge in [-0.25, -0.2) is 14.8 Å². The molecule has 11 heteroatoms. The summed E-state index contributed by atoms with van der Waals surface area (Å²) in [6, 6.07) is 45.9. The molecule has 2 aromatic heterocycles. The van der Waals surface area contributed by atoms with E-state index >= 15 is 0 Å². The summed E-state index contributed by atoms with van der Waals surface area (Å²) in [5.74, 6) is 0.707. The fourth-order valence-electron chi connectivity index (χ4n) is 8.49. The van der Waals surface area contributed by atoms with Crippen LogP contribution in [0.25, 0.3) is 43.6 Å². The van der Waals surface area contributed by atoms with E-state index in [0.29, 0.717) is 75.0 Å². The predicted molar refractivity (Wildman–Crippen MR) is 234 cm³/mol. The number of nitrogens with zero attached hydrogens (tertiary/aromatic N) is 6. The average Bonchev–Trinajstić information content (AvgIpc) is 3.29. The van der Waals surface area contributed by atoms with E-state index in [1.165, 1.54) is 0 Å². The minimum absolute atomic E-state index is 0.00520. The first-order valence-corrected chi connectivity index (χ1v) is 20.2. The molecule has 0 spiro atoms. The van der Waals surface area contributed by atoms with Crippen molar-refractivity contribution in [3.05, 3.63) is 157 Å². The van der Waals surface area contributed by atoms with E-state index in [2.05, 4.69) is 9.80 Å². The van der Waals surface area contributed by atoms with Crippen molar-refractivity contribution in [3.63, 3.8) is 0 Å². The van der Waals surface area contributed by atoms with Gasteiger partial charge in [0.15, 0.2) is 0 Å². The van der Waals surface area contributed by atoms with Crippen molar-refractivity contribution in [2.24, 2.45) is 0 Å². The molecule has 0 aliphatic carbocycles. The Morgan fingerprint density at radius 1 is 0.400 bits per heavy atom. The number of pyridine rings is 2. The quantitative estimate of drug-likeness (QED) is 0.0930. The molecule has 0 atom stereocenters. The van der Waals surface area contributed by atoms with Crippen molar-refractivity contribution in [1.82, 2.24) is 19.8 Å². The molecule has 2 aliphatic heterocycles. The molecule has 4 heterocycles. The SMILES string of the molecule is O=C(Oc1cccc(N2CCN(C(=O)c3c4ccccc4nc4ccccc34)CC2)c1)Oc1cccc(N2CCN(C(=O)c3c4ccccc4nc4ccccc34)CC2)c1. The largest absolute Gasteiger partial charge is 0.519 e. The van der Waals surface area contributed by atoms with Gasteiger partial charge in [0.2, 0.25) is 0 Å². The number of carbonyl (C=O) groups excluding carboxylic acids is 3. The molecule has 2 amide bonds. The summed E-state index contributed by atoms with van der Waals surface area (Å²) in [6.45, 7) is 4.63. The summed E-state index contributed by atoms with van der Waals surface area (Å²) in [5.41, 5.74) is 6.34. The third-order valence-electron chi connectivity index (χ3n) is 11.5. The fourth-order valence-corrected chi connectivity index (χ4v) is 8.49. The predicted octanol–water partition coefficient (Wildman–Crippen LogP) is 8.59. The molecule has 0 unspecified atom stereocenters. The van der Waals surface area contributed by atoms with Crippen molar-refractivity contribution in [2.75, 3.05) is 62.2 Å². The van der Waals surface area contributed by atoms with Crippen molar-refractivity contribution < 1.29 is 23.9 Å². The number of benzene rings is 6. The number of hydrogen-bond acceptors (Lipinski definition) is 9. The van der Waals surface area contributed by atoms with Crippen molar-refractivity contribution >= 4 is 73.0 Å². The summed E-state index contributed by atoms with van der Waals surface area (Å²) < 4.78 is 11.3. The van der Waals surface area contributed by atoms with E-state index in [1.54, 1.807) is 12.1 Å². The number of ether oxygens (including phenoxy) is 2. The molecule has 8 aromatic rings. The Morgan fingerprint density at radius 2 is 0.733 bits per heavy atom. The first kappa shape index (κ1) is 36.8. The average molecular weight is 793 g/mol. The topological polar surface area (TPSA) is 108 Å². The minimum atomic E-state index is -0.844. The Labute approximate surface area is 346 Å². The molecular weight excluding hydrogens is 753 g/mol. The Bertz CT molecular complexity index is 2650. The van der Waals surface area contributed by atoms with Gasteiger partial charge in [0.1, 0.15) is 11.5 Å². The van der Waals surface area contributed by atoms with Gasteiger partial charge in [-0.05, 0) is 48.5 Å². The Balaban J connectivity index is 0.758. The summed E-state index contributed by atoms with van der Waals surface area (Å²) >= 11 is 0. The second kappa shape index (κ2) is 15.7. The van der Waals surface area contributed by atoms with Crippen LogP contribution in [0.1, 0.15) is 20.7 Å². The Morgan fingerprint density at radius 3 is 1.08 bits per heavy atom. The number of rotatable bonds is 6. The monoisotopic (exact) mass is 792 g/mol. The van der Waals surface area contributed by atoms with Crippen LogP contribution in [-0.4, -0.2) is 90.1 Å². The molecule has 10 rings (SSSR count). The molecule has 296 valence electrons. The lowest BCUT2D eigenvalue weighted by atomic mass is 10.0. The number of piperazine rings is 2. The summed E-state index contributed by atoms with van der Waals surface area (Å²) in [6.07, 6.45) is -0.844. The fraction of sp³-hybridized carbons (Fsp3) is 0.163. The van der Waals surface area contributed by atoms with Crippen molar-refractivity contribution in [3.8, 4) is 11.5 Å². The number of aromatic nitrogens is 2. The molecule has 11 nitrogen and oxygen atoms in total. The van der Waals surface area contributed by atoms with Gasteiger partial charge in [-0.3, -0.25) is 9.59 Å². The van der Waals surface area contributed by atoms with Crippen LogP contribution in [0.4, 0.5) is 16.2 Å². The summed E-state index contributed by atoms with van der Waals surface area (Å²) in [4.78, 5) is 58.9. The van der Waals surface area contributed by atoms with E-state index in [-0.39, 0.29) is 11.8 Å². The number of amides is 2. The third kappa shape index (κ3) is 7.04. The molecule has 2 aliphatic rings. The minimum Gasteiger partial charge on any atom is -0.395 e. The highest BCUT2D eigenvalue weighted by Gasteiger charge is 2.28. The molecule has 0 N–H and O–H groups in total. The van der Waals surface area contributed by atoms with Crippen molar-refractivity contribution in [1.29, 1.82) is 0 Å². The standard InChI is InChI=1S/C49H40N6O5/c56-47(45-37-15-1-5-19-41(37)50-42-20-6-2-16-38(42)45)54-27-23-52(24-28-54)33-11-9-13-35(31-33)59-49(58)60-36-14-10-12-34(32-36)53-25-29-55(30-26-53)48(57)46-39-17-3-7-21-43(39)51-44-22-8-4-18-40(44)46/h1-22,31-32H,23-30H2. The molecule has 60 heavy (non-hydrogen) atoms. The lowest BCUT2D eigenvalue weighted by Gasteiger charge is -2.36. The van der Waals surface area contributed by atoms with E-state index in [0.717, 1.165) is 55.0 Å². The molecule has 0 bridgehead atoms. The highest BCUT2D eigenvalue weighted by Crippen LogP contribution is 2.31. The molecule has 0 saturated carbocycles. The van der Waals surface area contributed by atoms with E-state index < -0.39 is 6.16 Å². The van der Waals surface area contributed by atoms with Crippen LogP contribution >= 0.6 is 0 Å². The Hall–Kier alpha value is -7.53. The maximum absolute atomic E-state index is 14.1. The van der Waals surface area contributed by atoms with E-state index in [9.17, 15) is 14.4 Å². The first-order chi connectivity index (χ1) is 29.5. The van der Waals surface area contributed by atoms with Gasteiger partial charge in [0.25, 0.3) is 11.8 Å². The number of hydrogen-bond donors (Lipinski definition) is 0. The zero-order valence-corrected chi connectivity index (χ0v) is 32.7. The van der Waals surface area contributed by atoms with Crippen LogP contribution < -0.4 is 19.3 Å². The van der Waals surface area contributed by atoms with Gasteiger partial charge >= 0.3 is 6.16 Å². The van der Waals surface area contributed by atoms with Gasteiger partial charge in [-0.1, -0.05) is 84.9 Å². The summed E-state index contributed by atoms with van der Waals surface area (Å²) in [7, 11) is 0. The van der Waals surface area contributed by atoms with Gasteiger partial charge in [0, 0.05) is 97.4 Å². The zero-order chi connectivity index (χ0) is 40.6. The Kier molecular flexibility index (Phi) is 9.61. The number of fused-ring (bicyclic) bond motifs is 4. The maximum atomic E-state index is 14.1. The van der Waals surface area contributed by atoms with Crippen LogP contribution in [0.3, 0.4) is 0 Å². The number of anilines is 2. The van der Waals surface area contributed by atoms with Gasteiger partial charge in [-0.2, -0.15) is 0 Å². The highest BCUT2D eigenvalue weighted by atomic mass is 16.7. The van der Waals surface area contributed by atoms with Gasteiger partial charge in [-0.15, -0.1) is 0 Å². The number of carbonyl (C=O) groups is 3. The molecule has 2 fully saturated rings. The number of para-hydroxylation sites is 4. The molecule has 6 aromatic carbocycles. The van der Waals surface area contributed by atoms with E-state index in [4.69, 9.17) is 19.4 Å². The second-order valence-electron chi connectivity index (χ2n) is 15.0. The van der Waals surface area contributed by atoms with E-state index in [1.807, 2.05) is 143 Å². The maximum Gasteiger partial charge on any atom is 0.519 e. The lowest BCUT2D eigenvalue weighted by molar-refractivity contribution is 0.0743. The van der Waals surface area contributed by atoms with Crippen LogP contribution in [-0.2, 0) is 0 Å². The normalized spacial score (nSPS) is 14.5. The summed E-state index contributed by atoms with van der Waals surface area (Å²) in [5, 5.41) is 3.40. The lowest BCUT2D eigenvalue weighted by Crippen LogP contribution is -2.48. The smallest absolute Gasteiger partial charge is 0.395 e. The van der Waals surface area contributed by atoms with Crippen LogP contribution in [0.2, 0.25) is 0 Å². The van der Waals surface area contributed by atoms with Gasteiger partial charge < -0.3 is 29.1 Å². The van der Waals surface area contributed by atoms with Crippen molar-refractivity contribution in [2.45, 2.75) is 0 Å². The third-order valence-corrected chi connectivity index (χ3v) is 11.5. The second-order valence-corrected chi connectivity index (χ2v) is 15.0. The van der Waals surface area contributed by atoms with Crippen LogP contribution in [0.15, 0.2) is 146 Å². The first-order valence-electron chi connectivity index (χ1n) is 20.2.